The van der Waals surface area contributed by atoms with Crippen LogP contribution in [-0.4, -0.2) is 25.2 Å². The first-order valence-electron chi connectivity index (χ1n) is 5.41. The molecule has 17 heavy (non-hydrogen) atoms. The van der Waals surface area contributed by atoms with Gasteiger partial charge in [0.1, 0.15) is 5.69 Å². The van der Waals surface area contributed by atoms with E-state index in [2.05, 4.69) is 5.32 Å². The summed E-state index contributed by atoms with van der Waals surface area (Å²) < 4.78 is 10.8. The Morgan fingerprint density at radius 2 is 2.12 bits per heavy atom. The molecule has 0 spiro atoms. The van der Waals surface area contributed by atoms with E-state index < -0.39 is 11.2 Å². The van der Waals surface area contributed by atoms with E-state index in [1.54, 1.807) is 19.2 Å². The highest BCUT2D eigenvalue weighted by Crippen LogP contribution is 2.30. The molecule has 1 aromatic rings. The fourth-order valence-electron chi connectivity index (χ4n) is 1.74. The molecular formula is C11H14N2O4. The van der Waals surface area contributed by atoms with Gasteiger partial charge in [-0.05, 0) is 12.5 Å². The van der Waals surface area contributed by atoms with Crippen molar-refractivity contribution in [3.8, 4) is 0 Å². The molecule has 0 atom stereocenters. The summed E-state index contributed by atoms with van der Waals surface area (Å²) in [5, 5.41) is 13.7. The number of nitro groups is 1. The Balaban J connectivity index is 2.29. The second-order valence-electron chi connectivity index (χ2n) is 3.71. The van der Waals surface area contributed by atoms with Crippen molar-refractivity contribution in [2.75, 3.05) is 25.6 Å². The van der Waals surface area contributed by atoms with E-state index in [1.807, 2.05) is 0 Å². The SMILES string of the molecule is CNc1ccc(C2OCCCO2)cc1[N+](=O)[O-]. The van der Waals surface area contributed by atoms with E-state index in [0.717, 1.165) is 6.42 Å². The van der Waals surface area contributed by atoms with Gasteiger partial charge in [0.2, 0.25) is 0 Å². The lowest BCUT2D eigenvalue weighted by Crippen LogP contribution is -2.17. The van der Waals surface area contributed by atoms with E-state index in [9.17, 15) is 10.1 Å². The molecule has 1 aliphatic heterocycles. The molecule has 1 fully saturated rings. The molecule has 0 radical (unpaired) electrons. The lowest BCUT2D eigenvalue weighted by Gasteiger charge is -2.23. The molecular weight excluding hydrogens is 224 g/mol. The summed E-state index contributed by atoms with van der Waals surface area (Å²) in [6, 6.07) is 4.92. The van der Waals surface area contributed by atoms with Crippen molar-refractivity contribution in [1.29, 1.82) is 0 Å². The van der Waals surface area contributed by atoms with Crippen molar-refractivity contribution in [3.63, 3.8) is 0 Å². The van der Waals surface area contributed by atoms with E-state index in [4.69, 9.17) is 9.47 Å². The number of rotatable bonds is 3. The minimum atomic E-state index is -0.492. The molecule has 0 aromatic heterocycles. The quantitative estimate of drug-likeness (QED) is 0.644. The van der Waals surface area contributed by atoms with Gasteiger partial charge in [-0.2, -0.15) is 0 Å². The molecule has 2 rings (SSSR count). The minimum absolute atomic E-state index is 0.0303. The number of hydrogen-bond acceptors (Lipinski definition) is 5. The van der Waals surface area contributed by atoms with Crippen molar-refractivity contribution in [2.24, 2.45) is 0 Å². The average molecular weight is 238 g/mol. The molecule has 1 heterocycles. The van der Waals surface area contributed by atoms with Crippen LogP contribution in [0.4, 0.5) is 11.4 Å². The van der Waals surface area contributed by atoms with Crippen LogP contribution in [0.3, 0.4) is 0 Å². The maximum absolute atomic E-state index is 10.9. The van der Waals surface area contributed by atoms with E-state index in [1.165, 1.54) is 6.07 Å². The van der Waals surface area contributed by atoms with Crippen LogP contribution >= 0.6 is 0 Å². The number of nitrogens with one attached hydrogen (secondary N) is 1. The fraction of sp³-hybridized carbons (Fsp3) is 0.455. The normalized spacial score (nSPS) is 16.8. The summed E-state index contributed by atoms with van der Waals surface area (Å²) in [6.45, 7) is 1.23. The molecule has 6 heteroatoms. The number of nitro benzene ring substituents is 1. The highest BCUT2D eigenvalue weighted by atomic mass is 16.7. The van der Waals surface area contributed by atoms with E-state index in [-0.39, 0.29) is 5.69 Å². The van der Waals surface area contributed by atoms with Crippen LogP contribution in [0.25, 0.3) is 0 Å². The molecule has 1 N–H and O–H groups in total. The van der Waals surface area contributed by atoms with Crippen LogP contribution in [0, 0.1) is 10.1 Å². The maximum Gasteiger partial charge on any atom is 0.292 e. The standard InChI is InChI=1S/C11H14N2O4/c1-12-9-4-3-8(7-10(9)13(14)15)11-16-5-2-6-17-11/h3-4,7,11-12H,2,5-6H2,1H3. The molecule has 1 saturated heterocycles. The predicted octanol–water partition coefficient (Wildman–Crippen LogP) is 2.07. The summed E-state index contributed by atoms with van der Waals surface area (Å²) in [6.07, 6.45) is 0.362. The predicted molar refractivity (Wildman–Crippen MR) is 61.9 cm³/mol. The Morgan fingerprint density at radius 1 is 1.41 bits per heavy atom. The Kier molecular flexibility index (Phi) is 3.55. The Labute approximate surface area is 98.7 Å². The summed E-state index contributed by atoms with van der Waals surface area (Å²) >= 11 is 0. The molecule has 6 nitrogen and oxygen atoms in total. The molecule has 0 unspecified atom stereocenters. The van der Waals surface area contributed by atoms with Crippen LogP contribution in [-0.2, 0) is 9.47 Å². The lowest BCUT2D eigenvalue weighted by atomic mass is 10.1. The smallest absolute Gasteiger partial charge is 0.292 e. The van der Waals surface area contributed by atoms with Crippen molar-refractivity contribution in [3.05, 3.63) is 33.9 Å². The minimum Gasteiger partial charge on any atom is -0.383 e. The summed E-state index contributed by atoms with van der Waals surface area (Å²) in [5.74, 6) is 0. The van der Waals surface area contributed by atoms with Gasteiger partial charge in [0, 0.05) is 18.7 Å². The zero-order chi connectivity index (χ0) is 12.3. The molecule has 0 bridgehead atoms. The van der Waals surface area contributed by atoms with E-state index >= 15 is 0 Å². The third kappa shape index (κ3) is 2.54. The first-order chi connectivity index (χ1) is 8.22. The van der Waals surface area contributed by atoms with Gasteiger partial charge in [-0.25, -0.2) is 0 Å². The van der Waals surface area contributed by atoms with Crippen LogP contribution in [0.2, 0.25) is 0 Å². The Bertz CT molecular complexity index is 416. The van der Waals surface area contributed by atoms with Gasteiger partial charge in [-0.15, -0.1) is 0 Å². The van der Waals surface area contributed by atoms with Gasteiger partial charge >= 0.3 is 0 Å². The molecule has 1 aromatic carbocycles. The van der Waals surface area contributed by atoms with Gasteiger partial charge in [0.25, 0.3) is 5.69 Å². The zero-order valence-corrected chi connectivity index (χ0v) is 9.51. The first kappa shape index (κ1) is 11.8. The third-order valence-electron chi connectivity index (χ3n) is 2.59. The van der Waals surface area contributed by atoms with Crippen LogP contribution in [0.15, 0.2) is 18.2 Å². The lowest BCUT2D eigenvalue weighted by molar-refractivity contribution is -0.384. The van der Waals surface area contributed by atoms with Gasteiger partial charge in [0.15, 0.2) is 6.29 Å². The van der Waals surface area contributed by atoms with Crippen molar-refractivity contribution in [2.45, 2.75) is 12.7 Å². The first-order valence-corrected chi connectivity index (χ1v) is 5.41. The number of anilines is 1. The summed E-state index contributed by atoms with van der Waals surface area (Å²) in [5.41, 5.74) is 1.19. The number of ether oxygens (including phenoxy) is 2. The van der Waals surface area contributed by atoms with Crippen molar-refractivity contribution >= 4 is 11.4 Å². The highest BCUT2D eigenvalue weighted by molar-refractivity contribution is 5.62. The van der Waals surface area contributed by atoms with E-state index in [0.29, 0.717) is 24.5 Å². The van der Waals surface area contributed by atoms with Crippen LogP contribution < -0.4 is 5.32 Å². The van der Waals surface area contributed by atoms with Crippen molar-refractivity contribution < 1.29 is 14.4 Å². The van der Waals surface area contributed by atoms with Crippen LogP contribution in [0.1, 0.15) is 18.3 Å². The topological polar surface area (TPSA) is 73.6 Å². The van der Waals surface area contributed by atoms with Crippen LogP contribution in [0.5, 0.6) is 0 Å². The van der Waals surface area contributed by atoms with Crippen molar-refractivity contribution in [1.82, 2.24) is 0 Å². The second-order valence-corrected chi connectivity index (χ2v) is 3.71. The van der Waals surface area contributed by atoms with Gasteiger partial charge in [-0.1, -0.05) is 6.07 Å². The number of nitrogens with zero attached hydrogens (tertiary/aromatic N) is 1. The molecule has 1 aliphatic rings. The number of hydrogen-bond donors (Lipinski definition) is 1. The summed E-state index contributed by atoms with van der Waals surface area (Å²) in [4.78, 5) is 10.5. The van der Waals surface area contributed by atoms with Gasteiger partial charge < -0.3 is 14.8 Å². The monoisotopic (exact) mass is 238 g/mol. The van der Waals surface area contributed by atoms with Gasteiger partial charge in [-0.3, -0.25) is 10.1 Å². The molecule has 0 aliphatic carbocycles. The number of benzene rings is 1. The molecule has 92 valence electrons. The zero-order valence-electron chi connectivity index (χ0n) is 9.51. The fourth-order valence-corrected chi connectivity index (χ4v) is 1.74. The Hall–Kier alpha value is -1.66. The third-order valence-corrected chi connectivity index (χ3v) is 2.59. The molecule has 0 saturated carbocycles. The largest absolute Gasteiger partial charge is 0.383 e. The van der Waals surface area contributed by atoms with Gasteiger partial charge in [0.05, 0.1) is 18.1 Å². The average Bonchev–Trinajstić information content (AvgIpc) is 2.39. The highest BCUT2D eigenvalue weighted by Gasteiger charge is 2.21. The maximum atomic E-state index is 10.9. The summed E-state index contributed by atoms with van der Waals surface area (Å²) in [7, 11) is 1.65. The molecule has 0 amide bonds. The second kappa shape index (κ2) is 5.11. The Morgan fingerprint density at radius 3 is 2.71 bits per heavy atom.